The van der Waals surface area contributed by atoms with Crippen molar-refractivity contribution in [3.05, 3.63) is 12.2 Å². The van der Waals surface area contributed by atoms with Crippen LogP contribution in [-0.2, 0) is 14.3 Å². The number of carbonyl (C=O) groups excluding carboxylic acids is 1. The highest BCUT2D eigenvalue weighted by Gasteiger charge is 2.28. The molecule has 0 amide bonds. The number of esters is 1. The lowest BCUT2D eigenvalue weighted by molar-refractivity contribution is -0.147. The van der Waals surface area contributed by atoms with E-state index in [9.17, 15) is 9.59 Å². The molecule has 5 heteroatoms. The quantitative estimate of drug-likeness (QED) is 0.440. The van der Waals surface area contributed by atoms with Crippen molar-refractivity contribution >= 4 is 20.0 Å². The fourth-order valence-electron chi connectivity index (χ4n) is 2.80. The number of hydrogen-bond donors (Lipinski definition) is 1. The molecule has 1 rings (SSSR count). The van der Waals surface area contributed by atoms with Crippen LogP contribution < -0.4 is 0 Å². The lowest BCUT2D eigenvalue weighted by Crippen LogP contribution is -2.31. The van der Waals surface area contributed by atoms with Crippen molar-refractivity contribution in [1.29, 1.82) is 0 Å². The summed E-state index contributed by atoms with van der Waals surface area (Å²) in [4.78, 5) is 22.2. The molecule has 0 radical (unpaired) electrons. The number of ether oxygens (including phenoxy) is 1. The van der Waals surface area contributed by atoms with Crippen molar-refractivity contribution in [3.8, 4) is 0 Å². The third-order valence-corrected chi connectivity index (χ3v) is 5.77. The second-order valence-corrected chi connectivity index (χ2v) is 12.8. The van der Waals surface area contributed by atoms with Crippen molar-refractivity contribution in [2.75, 3.05) is 0 Å². The molecule has 0 aromatic heterocycles. The molecule has 0 aromatic rings. The van der Waals surface area contributed by atoms with Crippen LogP contribution in [0, 0.1) is 5.92 Å². The summed E-state index contributed by atoms with van der Waals surface area (Å²) >= 11 is 0. The average molecular weight is 312 g/mol. The Morgan fingerprint density at radius 2 is 1.81 bits per heavy atom. The minimum atomic E-state index is -1.17. The standard InChI is InChI=1S/C16H28O4Si/c1-21(2,3)12-11-14(13-7-5-4-6-8-13)20-16(19)10-9-15(17)18/h9-10,13-14H,4-8,11-12H2,1-3H3,(H,17,18). The van der Waals surface area contributed by atoms with Gasteiger partial charge >= 0.3 is 11.9 Å². The zero-order valence-corrected chi connectivity index (χ0v) is 14.4. The van der Waals surface area contributed by atoms with Crippen molar-refractivity contribution in [2.24, 2.45) is 5.92 Å². The summed E-state index contributed by atoms with van der Waals surface area (Å²) in [5, 5.41) is 8.57. The van der Waals surface area contributed by atoms with Gasteiger partial charge in [0.1, 0.15) is 6.10 Å². The molecular weight excluding hydrogens is 284 g/mol. The first kappa shape index (κ1) is 17.9. The van der Waals surface area contributed by atoms with Gasteiger partial charge in [0.05, 0.1) is 0 Å². The predicted molar refractivity (Wildman–Crippen MR) is 86.0 cm³/mol. The highest BCUT2D eigenvalue weighted by atomic mass is 28.3. The molecule has 1 aliphatic carbocycles. The van der Waals surface area contributed by atoms with E-state index >= 15 is 0 Å². The summed E-state index contributed by atoms with van der Waals surface area (Å²) in [6.45, 7) is 6.95. The third kappa shape index (κ3) is 8.04. The molecule has 1 atom stereocenters. The van der Waals surface area contributed by atoms with Crippen LogP contribution in [0.5, 0.6) is 0 Å². The SMILES string of the molecule is C[Si](C)(C)CCC(OC(=O)C=CC(=O)O)C1CCCCC1. The molecule has 4 nitrogen and oxygen atoms in total. The first-order chi connectivity index (χ1) is 9.78. The smallest absolute Gasteiger partial charge is 0.331 e. The highest BCUT2D eigenvalue weighted by molar-refractivity contribution is 6.76. The Hall–Kier alpha value is -1.10. The maximum Gasteiger partial charge on any atom is 0.331 e. The fraction of sp³-hybridized carbons (Fsp3) is 0.750. The Labute approximate surface area is 128 Å². The molecule has 21 heavy (non-hydrogen) atoms. The average Bonchev–Trinajstić information content (AvgIpc) is 2.41. The first-order valence-corrected chi connectivity index (χ1v) is 11.6. The van der Waals surface area contributed by atoms with Crippen molar-refractivity contribution in [1.82, 2.24) is 0 Å². The highest BCUT2D eigenvalue weighted by Crippen LogP contribution is 2.31. The molecule has 120 valence electrons. The van der Waals surface area contributed by atoms with Crippen LogP contribution in [0.25, 0.3) is 0 Å². The Morgan fingerprint density at radius 1 is 1.19 bits per heavy atom. The molecule has 0 bridgehead atoms. The van der Waals surface area contributed by atoms with Crippen LogP contribution in [0.2, 0.25) is 25.7 Å². The summed E-state index contributed by atoms with van der Waals surface area (Å²) in [5.41, 5.74) is 0. The van der Waals surface area contributed by atoms with Gasteiger partial charge in [0.2, 0.25) is 0 Å². The van der Waals surface area contributed by atoms with E-state index in [-0.39, 0.29) is 6.10 Å². The maximum absolute atomic E-state index is 11.8. The number of carboxylic acids is 1. The minimum absolute atomic E-state index is 0.0528. The Balaban J connectivity index is 2.62. The molecule has 1 aliphatic rings. The molecule has 1 fully saturated rings. The van der Waals surface area contributed by atoms with Gasteiger partial charge < -0.3 is 9.84 Å². The molecule has 1 N–H and O–H groups in total. The molecule has 0 spiro atoms. The Kier molecular flexibility index (Phi) is 7.15. The topological polar surface area (TPSA) is 63.6 Å². The zero-order valence-electron chi connectivity index (χ0n) is 13.4. The second-order valence-electron chi connectivity index (χ2n) is 7.14. The maximum atomic E-state index is 11.8. The van der Waals surface area contributed by atoms with Gasteiger partial charge in [-0.1, -0.05) is 44.9 Å². The summed E-state index contributed by atoms with van der Waals surface area (Å²) in [5.74, 6) is -1.20. The number of carbonyl (C=O) groups is 2. The Bertz CT molecular complexity index is 378. The van der Waals surface area contributed by atoms with Gasteiger partial charge in [0.15, 0.2) is 0 Å². The van der Waals surface area contributed by atoms with Crippen LogP contribution in [0.15, 0.2) is 12.2 Å². The summed E-state index contributed by atoms with van der Waals surface area (Å²) < 4.78 is 5.57. The van der Waals surface area contributed by atoms with E-state index in [0.717, 1.165) is 37.5 Å². The predicted octanol–water partition coefficient (Wildman–Crippen LogP) is 3.85. The van der Waals surface area contributed by atoms with Crippen molar-refractivity contribution < 1.29 is 19.4 Å². The molecule has 0 aromatic carbocycles. The van der Waals surface area contributed by atoms with Gasteiger partial charge in [-0.25, -0.2) is 9.59 Å². The van der Waals surface area contributed by atoms with Crippen molar-refractivity contribution in [3.63, 3.8) is 0 Å². The second kappa shape index (κ2) is 8.37. The van der Waals surface area contributed by atoms with E-state index in [2.05, 4.69) is 19.6 Å². The van der Waals surface area contributed by atoms with Gasteiger partial charge in [-0.15, -0.1) is 0 Å². The van der Waals surface area contributed by atoms with E-state index < -0.39 is 20.0 Å². The lowest BCUT2D eigenvalue weighted by atomic mass is 9.84. The molecule has 1 unspecified atom stereocenters. The summed E-state index contributed by atoms with van der Waals surface area (Å²) in [7, 11) is -1.17. The lowest BCUT2D eigenvalue weighted by Gasteiger charge is -2.31. The number of hydrogen-bond acceptors (Lipinski definition) is 3. The van der Waals surface area contributed by atoms with E-state index in [0.29, 0.717) is 5.92 Å². The normalized spacial score (nSPS) is 18.6. The van der Waals surface area contributed by atoms with Crippen LogP contribution in [-0.4, -0.2) is 31.2 Å². The van der Waals surface area contributed by atoms with E-state index in [4.69, 9.17) is 9.84 Å². The van der Waals surface area contributed by atoms with E-state index in [1.807, 2.05) is 0 Å². The van der Waals surface area contributed by atoms with Gasteiger partial charge in [-0.2, -0.15) is 0 Å². The summed E-state index contributed by atoms with van der Waals surface area (Å²) in [6, 6.07) is 1.13. The number of carboxylic acid groups (broad SMARTS) is 1. The molecule has 0 heterocycles. The van der Waals surface area contributed by atoms with E-state index in [1.165, 1.54) is 19.3 Å². The largest absolute Gasteiger partial charge is 0.478 e. The molecular formula is C16H28O4Si. The van der Waals surface area contributed by atoms with Crippen LogP contribution in [0.1, 0.15) is 38.5 Å². The third-order valence-electron chi connectivity index (χ3n) is 3.98. The zero-order chi connectivity index (χ0) is 15.9. The molecule has 0 aliphatic heterocycles. The van der Waals surface area contributed by atoms with Crippen molar-refractivity contribution in [2.45, 2.75) is 70.3 Å². The molecule has 1 saturated carbocycles. The minimum Gasteiger partial charge on any atom is -0.478 e. The first-order valence-electron chi connectivity index (χ1n) is 7.89. The van der Waals surface area contributed by atoms with E-state index in [1.54, 1.807) is 0 Å². The van der Waals surface area contributed by atoms with Gasteiger partial charge in [0.25, 0.3) is 0 Å². The monoisotopic (exact) mass is 312 g/mol. The number of aliphatic carboxylic acids is 1. The van der Waals surface area contributed by atoms with Crippen LogP contribution >= 0.6 is 0 Å². The molecule has 0 saturated heterocycles. The van der Waals surface area contributed by atoms with Crippen LogP contribution in [0.3, 0.4) is 0 Å². The van der Waals surface area contributed by atoms with Gasteiger partial charge in [-0.3, -0.25) is 0 Å². The fourth-order valence-corrected chi connectivity index (χ4v) is 3.95. The number of rotatable bonds is 7. The van der Waals surface area contributed by atoms with Gasteiger partial charge in [-0.05, 0) is 25.2 Å². The Morgan fingerprint density at radius 3 is 2.33 bits per heavy atom. The van der Waals surface area contributed by atoms with Crippen LogP contribution in [0.4, 0.5) is 0 Å². The van der Waals surface area contributed by atoms with Gasteiger partial charge in [0, 0.05) is 20.2 Å². The summed E-state index contributed by atoms with van der Waals surface area (Å²) in [6.07, 6.45) is 8.64.